The fourth-order valence-electron chi connectivity index (χ4n) is 3.09. The Labute approximate surface area is 153 Å². The average molecular weight is 359 g/mol. The summed E-state index contributed by atoms with van der Waals surface area (Å²) < 4.78 is 10.8. The predicted molar refractivity (Wildman–Crippen MR) is 99.6 cm³/mol. The SMILES string of the molecule is CCCCC/C=C/CCCCCCCO[C@H]1[C@H](O)[C@@H](CO)OC[C@@H]1O. The van der Waals surface area contributed by atoms with Crippen molar-refractivity contribution in [3.05, 3.63) is 12.2 Å². The van der Waals surface area contributed by atoms with Crippen LogP contribution >= 0.6 is 0 Å². The van der Waals surface area contributed by atoms with Crippen molar-refractivity contribution >= 4 is 0 Å². The van der Waals surface area contributed by atoms with Crippen LogP contribution in [-0.4, -0.2) is 59.6 Å². The molecule has 1 saturated heterocycles. The van der Waals surface area contributed by atoms with Gasteiger partial charge in [0.05, 0.1) is 13.2 Å². The topological polar surface area (TPSA) is 79.2 Å². The summed E-state index contributed by atoms with van der Waals surface area (Å²) in [5.41, 5.74) is 0. The second-order valence-corrected chi connectivity index (χ2v) is 6.97. The van der Waals surface area contributed by atoms with Gasteiger partial charge in [-0.1, -0.05) is 51.2 Å². The molecule has 0 aliphatic carbocycles. The molecule has 0 aromatic rings. The second kappa shape index (κ2) is 14.7. The fourth-order valence-corrected chi connectivity index (χ4v) is 3.09. The van der Waals surface area contributed by atoms with E-state index in [0.29, 0.717) is 6.61 Å². The summed E-state index contributed by atoms with van der Waals surface area (Å²) in [4.78, 5) is 0. The Morgan fingerprint density at radius 2 is 1.60 bits per heavy atom. The van der Waals surface area contributed by atoms with Gasteiger partial charge in [-0.15, -0.1) is 0 Å². The summed E-state index contributed by atoms with van der Waals surface area (Å²) in [5, 5.41) is 29.0. The molecule has 0 saturated carbocycles. The molecule has 0 bridgehead atoms. The third-order valence-corrected chi connectivity index (χ3v) is 4.72. The Morgan fingerprint density at radius 3 is 2.28 bits per heavy atom. The molecule has 4 atom stereocenters. The molecule has 0 spiro atoms. The van der Waals surface area contributed by atoms with Gasteiger partial charge in [-0.3, -0.25) is 0 Å². The minimum atomic E-state index is -0.974. The summed E-state index contributed by atoms with van der Waals surface area (Å²) in [6, 6.07) is 0. The molecule has 1 aliphatic rings. The lowest BCUT2D eigenvalue weighted by molar-refractivity contribution is -0.210. The first-order valence-corrected chi connectivity index (χ1v) is 10.1. The Kier molecular flexibility index (Phi) is 13.3. The van der Waals surface area contributed by atoms with Crippen LogP contribution in [0.2, 0.25) is 0 Å². The maximum absolute atomic E-state index is 10.0. The molecule has 1 aliphatic heterocycles. The van der Waals surface area contributed by atoms with E-state index in [1.807, 2.05) is 0 Å². The quantitative estimate of drug-likeness (QED) is 0.329. The van der Waals surface area contributed by atoms with Gasteiger partial charge in [-0.2, -0.15) is 0 Å². The van der Waals surface area contributed by atoms with E-state index in [1.165, 1.54) is 51.4 Å². The molecule has 0 aromatic heterocycles. The van der Waals surface area contributed by atoms with Crippen molar-refractivity contribution < 1.29 is 24.8 Å². The number of allylic oxidation sites excluding steroid dienone is 2. The van der Waals surface area contributed by atoms with E-state index in [2.05, 4.69) is 19.1 Å². The van der Waals surface area contributed by atoms with Crippen LogP contribution in [0.1, 0.15) is 71.1 Å². The lowest BCUT2D eigenvalue weighted by Gasteiger charge is -2.37. The van der Waals surface area contributed by atoms with Crippen LogP contribution in [0.3, 0.4) is 0 Å². The zero-order valence-corrected chi connectivity index (χ0v) is 15.8. The molecule has 1 heterocycles. The van der Waals surface area contributed by atoms with Crippen LogP contribution in [0.4, 0.5) is 0 Å². The lowest BCUT2D eigenvalue weighted by atomic mass is 10.0. The predicted octanol–water partition coefficient (Wildman–Crippen LogP) is 2.96. The van der Waals surface area contributed by atoms with Gasteiger partial charge >= 0.3 is 0 Å². The van der Waals surface area contributed by atoms with Crippen molar-refractivity contribution in [1.82, 2.24) is 0 Å². The minimum Gasteiger partial charge on any atom is -0.394 e. The third kappa shape index (κ3) is 9.71. The molecule has 1 fully saturated rings. The summed E-state index contributed by atoms with van der Waals surface area (Å²) in [5.74, 6) is 0. The highest BCUT2D eigenvalue weighted by Gasteiger charge is 2.38. The van der Waals surface area contributed by atoms with E-state index in [9.17, 15) is 10.2 Å². The second-order valence-electron chi connectivity index (χ2n) is 6.97. The van der Waals surface area contributed by atoms with Gasteiger partial charge in [0.1, 0.15) is 24.4 Å². The van der Waals surface area contributed by atoms with Crippen LogP contribution < -0.4 is 0 Å². The number of ether oxygens (including phenoxy) is 2. The number of unbranched alkanes of at least 4 members (excludes halogenated alkanes) is 8. The normalized spacial score (nSPS) is 27.2. The van der Waals surface area contributed by atoms with Gasteiger partial charge < -0.3 is 24.8 Å². The number of aliphatic hydroxyl groups is 3. The van der Waals surface area contributed by atoms with Crippen molar-refractivity contribution in [1.29, 1.82) is 0 Å². The van der Waals surface area contributed by atoms with Crippen molar-refractivity contribution in [3.8, 4) is 0 Å². The van der Waals surface area contributed by atoms with Crippen molar-refractivity contribution in [2.45, 2.75) is 95.5 Å². The number of aliphatic hydroxyl groups excluding tert-OH is 3. The van der Waals surface area contributed by atoms with Crippen LogP contribution in [0.15, 0.2) is 12.2 Å². The molecule has 0 aromatic carbocycles. The standard InChI is InChI=1S/C20H38O5/c1-2-3-4-5-6-7-8-9-10-11-12-13-14-24-20-17(22)16-25-18(15-21)19(20)23/h6-7,17-23H,2-5,8-16H2,1H3/b7-6+/t17-,18+,19+,20+/m0/s1. The maximum Gasteiger partial charge on any atom is 0.114 e. The highest BCUT2D eigenvalue weighted by molar-refractivity contribution is 4.87. The Hall–Kier alpha value is -0.460. The zero-order chi connectivity index (χ0) is 18.3. The molecular weight excluding hydrogens is 320 g/mol. The van der Waals surface area contributed by atoms with Gasteiger partial charge in [0.25, 0.3) is 0 Å². The first-order chi connectivity index (χ1) is 12.2. The molecule has 5 nitrogen and oxygen atoms in total. The smallest absolute Gasteiger partial charge is 0.114 e. The lowest BCUT2D eigenvalue weighted by Crippen LogP contribution is -2.55. The van der Waals surface area contributed by atoms with Crippen molar-refractivity contribution in [3.63, 3.8) is 0 Å². The Morgan fingerprint density at radius 1 is 0.960 bits per heavy atom. The summed E-state index contributed by atoms with van der Waals surface area (Å²) >= 11 is 0. The van der Waals surface area contributed by atoms with E-state index < -0.39 is 24.4 Å². The zero-order valence-electron chi connectivity index (χ0n) is 15.8. The first-order valence-electron chi connectivity index (χ1n) is 10.1. The van der Waals surface area contributed by atoms with E-state index in [-0.39, 0.29) is 13.2 Å². The van der Waals surface area contributed by atoms with Gasteiger partial charge in [-0.05, 0) is 32.1 Å². The van der Waals surface area contributed by atoms with E-state index in [0.717, 1.165) is 12.8 Å². The maximum atomic E-state index is 10.0. The molecule has 3 N–H and O–H groups in total. The number of hydrogen-bond donors (Lipinski definition) is 3. The molecule has 148 valence electrons. The highest BCUT2D eigenvalue weighted by atomic mass is 16.6. The first kappa shape index (κ1) is 22.6. The van der Waals surface area contributed by atoms with Crippen LogP contribution in [-0.2, 0) is 9.47 Å². The third-order valence-electron chi connectivity index (χ3n) is 4.72. The summed E-state index contributed by atoms with van der Waals surface area (Å²) in [6.07, 6.45) is 13.5. The van der Waals surface area contributed by atoms with Crippen LogP contribution in [0.5, 0.6) is 0 Å². The van der Waals surface area contributed by atoms with E-state index >= 15 is 0 Å². The molecule has 25 heavy (non-hydrogen) atoms. The van der Waals surface area contributed by atoms with E-state index in [1.54, 1.807) is 0 Å². The molecule has 0 amide bonds. The molecule has 0 unspecified atom stereocenters. The monoisotopic (exact) mass is 358 g/mol. The molecular formula is C20H38O5. The average Bonchev–Trinajstić information content (AvgIpc) is 2.61. The summed E-state index contributed by atoms with van der Waals surface area (Å²) in [6.45, 7) is 2.59. The van der Waals surface area contributed by atoms with Crippen molar-refractivity contribution in [2.75, 3.05) is 19.8 Å². The van der Waals surface area contributed by atoms with Gasteiger partial charge in [-0.25, -0.2) is 0 Å². The Balaban J connectivity index is 1.96. The number of rotatable bonds is 14. The van der Waals surface area contributed by atoms with Gasteiger partial charge in [0.2, 0.25) is 0 Å². The van der Waals surface area contributed by atoms with Crippen LogP contribution in [0.25, 0.3) is 0 Å². The fraction of sp³-hybridized carbons (Fsp3) is 0.900. The van der Waals surface area contributed by atoms with Crippen LogP contribution in [0, 0.1) is 0 Å². The van der Waals surface area contributed by atoms with Gasteiger partial charge in [0, 0.05) is 6.61 Å². The van der Waals surface area contributed by atoms with E-state index in [4.69, 9.17) is 14.6 Å². The summed E-state index contributed by atoms with van der Waals surface area (Å²) in [7, 11) is 0. The molecule has 0 radical (unpaired) electrons. The minimum absolute atomic E-state index is 0.0961. The van der Waals surface area contributed by atoms with Gasteiger partial charge in [0.15, 0.2) is 0 Å². The van der Waals surface area contributed by atoms with Crippen molar-refractivity contribution in [2.24, 2.45) is 0 Å². The largest absolute Gasteiger partial charge is 0.394 e. The highest BCUT2D eigenvalue weighted by Crippen LogP contribution is 2.19. The Bertz CT molecular complexity index is 334. The molecule has 5 heteroatoms. The number of hydrogen-bond acceptors (Lipinski definition) is 5. The molecule has 1 rings (SSSR count).